The quantitative estimate of drug-likeness (QED) is 0.922. The molecule has 0 aliphatic heterocycles. The normalized spacial score (nSPS) is 10.8. The molecule has 0 aliphatic carbocycles. The lowest BCUT2D eigenvalue weighted by Crippen LogP contribution is -2.24. The number of aryl methyl sites for hydroxylation is 1. The van der Waals surface area contributed by atoms with Crippen LogP contribution in [0.25, 0.3) is 0 Å². The van der Waals surface area contributed by atoms with Crippen LogP contribution in [0.1, 0.15) is 47.1 Å². The molecular formula is C17H23N3O2. The largest absolute Gasteiger partial charge is 0.378 e. The Hall–Kier alpha value is -2.30. The molecule has 5 nitrogen and oxygen atoms in total. The van der Waals surface area contributed by atoms with Crippen LogP contribution in [0, 0.1) is 6.92 Å². The summed E-state index contributed by atoms with van der Waals surface area (Å²) in [4.78, 5) is 14.4. The molecule has 22 heavy (non-hydrogen) atoms. The molecular weight excluding hydrogens is 278 g/mol. The van der Waals surface area contributed by atoms with E-state index in [9.17, 15) is 4.79 Å². The van der Waals surface area contributed by atoms with E-state index in [1.54, 1.807) is 6.92 Å². The minimum absolute atomic E-state index is 0.126. The number of aromatic nitrogens is 1. The maximum Gasteiger partial charge on any atom is 0.257 e. The number of carbonyl (C=O) groups excluding carboxylic acids is 1. The summed E-state index contributed by atoms with van der Waals surface area (Å²) >= 11 is 0. The van der Waals surface area contributed by atoms with Crippen molar-refractivity contribution >= 4 is 11.6 Å². The number of hydrogen-bond donors (Lipinski definition) is 1. The number of anilines is 1. The van der Waals surface area contributed by atoms with Gasteiger partial charge in [-0.05, 0) is 24.6 Å². The van der Waals surface area contributed by atoms with E-state index >= 15 is 0 Å². The summed E-state index contributed by atoms with van der Waals surface area (Å²) in [5.74, 6) is 0.624. The Bertz CT molecular complexity index is 642. The van der Waals surface area contributed by atoms with Crippen molar-refractivity contribution in [2.45, 2.75) is 33.2 Å². The summed E-state index contributed by atoms with van der Waals surface area (Å²) in [5.41, 5.74) is 3.37. The van der Waals surface area contributed by atoms with Crippen molar-refractivity contribution in [1.82, 2.24) is 10.5 Å². The number of nitrogens with zero attached hydrogens (tertiary/aromatic N) is 2. The Morgan fingerprint density at radius 1 is 1.27 bits per heavy atom. The molecule has 1 N–H and O–H groups in total. The molecule has 2 aromatic rings. The molecule has 1 aromatic carbocycles. The molecule has 0 fully saturated rings. The fraction of sp³-hybridized carbons (Fsp3) is 0.412. The first-order valence-electron chi connectivity index (χ1n) is 7.40. The summed E-state index contributed by atoms with van der Waals surface area (Å²) in [5, 5.41) is 6.84. The summed E-state index contributed by atoms with van der Waals surface area (Å²) < 4.78 is 5.26. The summed E-state index contributed by atoms with van der Waals surface area (Å²) in [7, 11) is 4.00. The Morgan fingerprint density at radius 2 is 1.91 bits per heavy atom. The molecule has 118 valence electrons. The van der Waals surface area contributed by atoms with Crippen LogP contribution in [0.5, 0.6) is 0 Å². The number of nitrogens with one attached hydrogen (secondary N) is 1. The zero-order chi connectivity index (χ0) is 16.3. The van der Waals surface area contributed by atoms with E-state index in [1.165, 1.54) is 0 Å². The maximum atomic E-state index is 12.4. The Morgan fingerprint density at radius 3 is 2.45 bits per heavy atom. The first-order valence-corrected chi connectivity index (χ1v) is 7.40. The van der Waals surface area contributed by atoms with Gasteiger partial charge in [-0.1, -0.05) is 31.1 Å². The molecule has 1 heterocycles. The average Bonchev–Trinajstić information content (AvgIpc) is 2.87. The summed E-state index contributed by atoms with van der Waals surface area (Å²) in [6.45, 7) is 6.23. The van der Waals surface area contributed by atoms with E-state index in [4.69, 9.17) is 4.52 Å². The number of rotatable bonds is 5. The molecule has 0 saturated heterocycles. The second-order valence-electron chi connectivity index (χ2n) is 5.91. The lowest BCUT2D eigenvalue weighted by atomic mass is 10.0. The highest BCUT2D eigenvalue weighted by atomic mass is 16.5. The third kappa shape index (κ3) is 3.47. The number of hydrogen-bond acceptors (Lipinski definition) is 4. The molecule has 0 spiro atoms. The van der Waals surface area contributed by atoms with E-state index in [-0.39, 0.29) is 11.8 Å². The zero-order valence-corrected chi connectivity index (χ0v) is 13.8. The molecule has 0 bridgehead atoms. The molecule has 1 amide bonds. The van der Waals surface area contributed by atoms with Crippen LogP contribution in [0.2, 0.25) is 0 Å². The van der Waals surface area contributed by atoms with Crippen molar-refractivity contribution < 1.29 is 9.32 Å². The van der Waals surface area contributed by atoms with Crippen molar-refractivity contribution in [1.29, 1.82) is 0 Å². The molecule has 0 atom stereocenters. The highest BCUT2D eigenvalue weighted by Crippen LogP contribution is 2.22. The molecule has 0 aliphatic rings. The number of carbonyl (C=O) groups is 1. The van der Waals surface area contributed by atoms with Gasteiger partial charge in [0.05, 0.1) is 5.69 Å². The summed E-state index contributed by atoms with van der Waals surface area (Å²) in [6, 6.07) is 8.09. The molecule has 1 aromatic heterocycles. The van der Waals surface area contributed by atoms with Gasteiger partial charge in [0.15, 0.2) is 5.76 Å². The Labute approximate surface area is 131 Å². The maximum absolute atomic E-state index is 12.4. The molecule has 2 rings (SSSR count). The topological polar surface area (TPSA) is 58.4 Å². The first kappa shape index (κ1) is 16.1. The van der Waals surface area contributed by atoms with Gasteiger partial charge in [-0.2, -0.15) is 0 Å². The van der Waals surface area contributed by atoms with Gasteiger partial charge in [0.25, 0.3) is 5.91 Å². The Balaban J connectivity index is 2.05. The van der Waals surface area contributed by atoms with Crippen molar-refractivity contribution in [3.8, 4) is 0 Å². The molecule has 0 unspecified atom stereocenters. The van der Waals surface area contributed by atoms with E-state index in [1.807, 2.05) is 57.1 Å². The second-order valence-corrected chi connectivity index (χ2v) is 5.91. The highest BCUT2D eigenvalue weighted by Gasteiger charge is 2.22. The van der Waals surface area contributed by atoms with Gasteiger partial charge >= 0.3 is 0 Å². The van der Waals surface area contributed by atoms with Gasteiger partial charge in [0, 0.05) is 32.2 Å². The van der Waals surface area contributed by atoms with Crippen LogP contribution in [0.4, 0.5) is 5.69 Å². The van der Waals surface area contributed by atoms with Gasteiger partial charge in [-0.15, -0.1) is 0 Å². The molecule has 5 heteroatoms. The average molecular weight is 301 g/mol. The van der Waals surface area contributed by atoms with Crippen molar-refractivity contribution in [3.05, 3.63) is 46.8 Å². The van der Waals surface area contributed by atoms with E-state index in [2.05, 4.69) is 10.5 Å². The van der Waals surface area contributed by atoms with Crippen LogP contribution >= 0.6 is 0 Å². The highest BCUT2D eigenvalue weighted by molar-refractivity contribution is 5.96. The van der Waals surface area contributed by atoms with Gasteiger partial charge < -0.3 is 14.7 Å². The summed E-state index contributed by atoms with van der Waals surface area (Å²) in [6.07, 6.45) is 0. The zero-order valence-electron chi connectivity index (χ0n) is 13.8. The van der Waals surface area contributed by atoms with Crippen molar-refractivity contribution in [3.63, 3.8) is 0 Å². The van der Waals surface area contributed by atoms with Crippen molar-refractivity contribution in [2.75, 3.05) is 19.0 Å². The minimum Gasteiger partial charge on any atom is -0.378 e. The standard InChI is InChI=1S/C17H23N3O2/c1-11(2)16-15(12(3)19-22-16)17(21)18-10-13-6-8-14(9-7-13)20(4)5/h6-9,11H,10H2,1-5H3,(H,18,21). The minimum atomic E-state index is -0.140. The third-order valence-electron chi connectivity index (χ3n) is 3.55. The monoisotopic (exact) mass is 301 g/mol. The lowest BCUT2D eigenvalue weighted by Gasteiger charge is -2.13. The van der Waals surface area contributed by atoms with Crippen LogP contribution in [0.15, 0.2) is 28.8 Å². The van der Waals surface area contributed by atoms with Crippen LogP contribution in [0.3, 0.4) is 0 Å². The SMILES string of the molecule is Cc1noc(C(C)C)c1C(=O)NCc1ccc(N(C)C)cc1. The fourth-order valence-electron chi connectivity index (χ4n) is 2.24. The molecule has 0 saturated carbocycles. The Kier molecular flexibility index (Phi) is 4.85. The fourth-order valence-corrected chi connectivity index (χ4v) is 2.24. The third-order valence-corrected chi connectivity index (χ3v) is 3.55. The number of amides is 1. The van der Waals surface area contributed by atoms with Gasteiger partial charge in [0.2, 0.25) is 0 Å². The van der Waals surface area contributed by atoms with E-state index < -0.39 is 0 Å². The smallest absolute Gasteiger partial charge is 0.257 e. The second kappa shape index (κ2) is 6.64. The van der Waals surface area contributed by atoms with Gasteiger partial charge in [-0.25, -0.2) is 0 Å². The number of benzene rings is 1. The van der Waals surface area contributed by atoms with Crippen LogP contribution in [-0.2, 0) is 6.54 Å². The van der Waals surface area contributed by atoms with Gasteiger partial charge in [-0.3, -0.25) is 4.79 Å². The van der Waals surface area contributed by atoms with Gasteiger partial charge in [0.1, 0.15) is 5.56 Å². The van der Waals surface area contributed by atoms with Crippen molar-refractivity contribution in [2.24, 2.45) is 0 Å². The van der Waals surface area contributed by atoms with Crippen LogP contribution in [-0.4, -0.2) is 25.2 Å². The van der Waals surface area contributed by atoms with E-state index in [0.717, 1.165) is 11.3 Å². The first-order chi connectivity index (χ1) is 10.4. The lowest BCUT2D eigenvalue weighted by molar-refractivity contribution is 0.0948. The predicted octanol–water partition coefficient (Wildman–Crippen LogP) is 3.10. The van der Waals surface area contributed by atoms with Crippen LogP contribution < -0.4 is 10.2 Å². The molecule has 0 radical (unpaired) electrons. The predicted molar refractivity (Wildman–Crippen MR) is 87.3 cm³/mol. The van der Waals surface area contributed by atoms with E-state index in [0.29, 0.717) is 23.6 Å².